The van der Waals surface area contributed by atoms with E-state index in [-0.39, 0.29) is 5.72 Å². The van der Waals surface area contributed by atoms with Crippen LogP contribution >= 0.6 is 0 Å². The van der Waals surface area contributed by atoms with Crippen molar-refractivity contribution in [2.45, 2.75) is 25.7 Å². The first kappa shape index (κ1) is 8.73. The molecule has 1 fully saturated rings. The Kier molecular flexibility index (Phi) is 2.10. The topological polar surface area (TPSA) is 21.3 Å². The molecule has 2 nitrogen and oxygen atoms in total. The van der Waals surface area contributed by atoms with E-state index in [0.29, 0.717) is 6.10 Å². The van der Waals surface area contributed by atoms with Gasteiger partial charge < -0.3 is 4.74 Å². The quantitative estimate of drug-likeness (QED) is 0.707. The third kappa shape index (κ3) is 1.60. The van der Waals surface area contributed by atoms with Crippen molar-refractivity contribution in [3.63, 3.8) is 0 Å². The molecule has 1 aromatic carbocycles. The van der Waals surface area contributed by atoms with Gasteiger partial charge in [0.2, 0.25) is 0 Å². The minimum atomic E-state index is -0.291. The molecule has 70 valence electrons. The van der Waals surface area contributed by atoms with E-state index in [1.54, 1.807) is 0 Å². The van der Waals surface area contributed by atoms with Crippen LogP contribution in [0.15, 0.2) is 30.3 Å². The molecular weight excluding hydrogens is 162 g/mol. The molecule has 2 unspecified atom stereocenters. The fourth-order valence-electron chi connectivity index (χ4n) is 1.75. The molecule has 1 N–H and O–H groups in total. The second-order valence-electron chi connectivity index (χ2n) is 3.71. The largest absolute Gasteiger partial charge is 0.352 e. The summed E-state index contributed by atoms with van der Waals surface area (Å²) >= 11 is 0. The fourth-order valence-corrected chi connectivity index (χ4v) is 1.75. The van der Waals surface area contributed by atoms with Gasteiger partial charge in [-0.3, -0.25) is 5.32 Å². The summed E-state index contributed by atoms with van der Waals surface area (Å²) in [5, 5.41) is 3.38. The third-order valence-corrected chi connectivity index (χ3v) is 2.49. The van der Waals surface area contributed by atoms with Crippen molar-refractivity contribution in [1.29, 1.82) is 0 Å². The third-order valence-electron chi connectivity index (χ3n) is 2.49. The maximum absolute atomic E-state index is 5.82. The molecule has 0 aliphatic carbocycles. The lowest BCUT2D eigenvalue weighted by atomic mass is 10.1. The lowest BCUT2D eigenvalue weighted by Crippen LogP contribution is -2.34. The Balaban J connectivity index is 2.26. The van der Waals surface area contributed by atoms with E-state index in [2.05, 4.69) is 31.3 Å². The van der Waals surface area contributed by atoms with Gasteiger partial charge in [-0.05, 0) is 19.4 Å². The van der Waals surface area contributed by atoms with E-state index in [9.17, 15) is 0 Å². The molecule has 2 heteroatoms. The van der Waals surface area contributed by atoms with Gasteiger partial charge in [0.25, 0.3) is 0 Å². The molecule has 1 saturated heterocycles. The van der Waals surface area contributed by atoms with Gasteiger partial charge in [0.05, 0.1) is 6.10 Å². The summed E-state index contributed by atoms with van der Waals surface area (Å²) in [6.45, 7) is 5.08. The fraction of sp³-hybridized carbons (Fsp3) is 0.455. The second kappa shape index (κ2) is 3.13. The molecule has 2 atom stereocenters. The minimum absolute atomic E-state index is 0.291. The Morgan fingerprint density at radius 2 is 2.08 bits per heavy atom. The van der Waals surface area contributed by atoms with Crippen molar-refractivity contribution < 1.29 is 4.74 Å². The maximum Gasteiger partial charge on any atom is 0.142 e. The van der Waals surface area contributed by atoms with Crippen LogP contribution < -0.4 is 5.32 Å². The first-order valence-electron chi connectivity index (χ1n) is 4.69. The van der Waals surface area contributed by atoms with Gasteiger partial charge in [-0.15, -0.1) is 0 Å². The number of nitrogens with one attached hydrogen (secondary N) is 1. The highest BCUT2D eigenvalue weighted by Gasteiger charge is 2.34. The Hall–Kier alpha value is -0.860. The smallest absolute Gasteiger partial charge is 0.142 e. The molecule has 0 saturated carbocycles. The van der Waals surface area contributed by atoms with E-state index >= 15 is 0 Å². The van der Waals surface area contributed by atoms with Crippen LogP contribution in [0.4, 0.5) is 0 Å². The van der Waals surface area contributed by atoms with Gasteiger partial charge in [-0.2, -0.15) is 0 Å². The Morgan fingerprint density at radius 1 is 1.38 bits per heavy atom. The molecule has 13 heavy (non-hydrogen) atoms. The van der Waals surface area contributed by atoms with E-state index < -0.39 is 0 Å². The van der Waals surface area contributed by atoms with E-state index in [0.717, 1.165) is 6.54 Å². The molecule has 1 aromatic rings. The van der Waals surface area contributed by atoms with Crippen LogP contribution in [0.1, 0.15) is 19.4 Å². The lowest BCUT2D eigenvalue weighted by molar-refractivity contribution is -0.0342. The van der Waals surface area contributed by atoms with Crippen LogP contribution in [-0.2, 0) is 10.5 Å². The molecule has 1 aliphatic rings. The number of ether oxygens (including phenoxy) is 1. The van der Waals surface area contributed by atoms with Gasteiger partial charge in [-0.25, -0.2) is 0 Å². The number of benzene rings is 1. The Labute approximate surface area is 78.9 Å². The van der Waals surface area contributed by atoms with Gasteiger partial charge in [0, 0.05) is 6.54 Å². The van der Waals surface area contributed by atoms with Crippen molar-refractivity contribution in [3.05, 3.63) is 35.9 Å². The average molecular weight is 177 g/mol. The highest BCUT2D eigenvalue weighted by atomic mass is 16.5. The first-order valence-corrected chi connectivity index (χ1v) is 4.69. The number of rotatable bonds is 1. The van der Waals surface area contributed by atoms with Gasteiger partial charge in [0.15, 0.2) is 0 Å². The van der Waals surface area contributed by atoms with Crippen LogP contribution in [0.3, 0.4) is 0 Å². The molecular formula is C11H15NO. The van der Waals surface area contributed by atoms with Crippen molar-refractivity contribution in [2.75, 3.05) is 6.54 Å². The first-order chi connectivity index (χ1) is 6.21. The highest BCUT2D eigenvalue weighted by molar-refractivity contribution is 5.22. The normalized spacial score (nSPS) is 33.5. The summed E-state index contributed by atoms with van der Waals surface area (Å²) in [6.07, 6.45) is 0.296. The summed E-state index contributed by atoms with van der Waals surface area (Å²) in [5.74, 6) is 0. The summed E-state index contributed by atoms with van der Waals surface area (Å²) in [4.78, 5) is 0. The maximum atomic E-state index is 5.82. The predicted octanol–water partition coefficient (Wildman–Crippen LogP) is 1.87. The predicted molar refractivity (Wildman–Crippen MR) is 52.3 cm³/mol. The summed E-state index contributed by atoms with van der Waals surface area (Å²) in [6, 6.07) is 10.3. The zero-order valence-corrected chi connectivity index (χ0v) is 8.08. The monoisotopic (exact) mass is 177 g/mol. The second-order valence-corrected chi connectivity index (χ2v) is 3.71. The number of hydrogen-bond acceptors (Lipinski definition) is 2. The summed E-state index contributed by atoms with van der Waals surface area (Å²) in [5.41, 5.74) is 0.903. The minimum Gasteiger partial charge on any atom is -0.352 e. The molecule has 0 bridgehead atoms. The van der Waals surface area contributed by atoms with Gasteiger partial charge >= 0.3 is 0 Å². The van der Waals surface area contributed by atoms with Gasteiger partial charge in [-0.1, -0.05) is 30.3 Å². The molecule has 1 heterocycles. The molecule has 0 amide bonds. The number of hydrogen-bond donors (Lipinski definition) is 1. The highest BCUT2D eigenvalue weighted by Crippen LogP contribution is 2.27. The van der Waals surface area contributed by atoms with Crippen molar-refractivity contribution >= 4 is 0 Å². The van der Waals surface area contributed by atoms with Crippen molar-refractivity contribution in [1.82, 2.24) is 5.32 Å². The Bertz CT molecular complexity index is 285. The van der Waals surface area contributed by atoms with E-state index in [1.165, 1.54) is 5.56 Å². The molecule has 2 rings (SSSR count). The Morgan fingerprint density at radius 3 is 2.62 bits per heavy atom. The van der Waals surface area contributed by atoms with Crippen LogP contribution in [0.25, 0.3) is 0 Å². The van der Waals surface area contributed by atoms with Crippen LogP contribution in [0.2, 0.25) is 0 Å². The van der Waals surface area contributed by atoms with Gasteiger partial charge in [0.1, 0.15) is 5.72 Å². The average Bonchev–Trinajstić information content (AvgIpc) is 2.49. The lowest BCUT2D eigenvalue weighted by Gasteiger charge is -2.24. The van der Waals surface area contributed by atoms with Crippen molar-refractivity contribution in [3.8, 4) is 0 Å². The van der Waals surface area contributed by atoms with Crippen molar-refractivity contribution in [2.24, 2.45) is 0 Å². The zero-order valence-electron chi connectivity index (χ0n) is 8.08. The molecule has 0 spiro atoms. The summed E-state index contributed by atoms with van der Waals surface area (Å²) < 4.78 is 5.82. The molecule has 1 aliphatic heterocycles. The molecule has 0 aromatic heterocycles. The van der Waals surface area contributed by atoms with E-state index in [4.69, 9.17) is 4.74 Å². The SMILES string of the molecule is CC1CNC(C)(c2ccccc2)O1. The molecule has 0 radical (unpaired) electrons. The van der Waals surface area contributed by atoms with Crippen LogP contribution in [-0.4, -0.2) is 12.6 Å². The standard InChI is InChI=1S/C11H15NO/c1-9-8-12-11(2,13-9)10-6-4-3-5-7-10/h3-7,9,12H,8H2,1-2H3. The summed E-state index contributed by atoms with van der Waals surface area (Å²) in [7, 11) is 0. The zero-order chi connectivity index (χ0) is 9.31. The van der Waals surface area contributed by atoms with Crippen LogP contribution in [0.5, 0.6) is 0 Å². The van der Waals surface area contributed by atoms with E-state index in [1.807, 2.05) is 18.2 Å². The van der Waals surface area contributed by atoms with Crippen LogP contribution in [0, 0.1) is 0 Å².